The molecule has 0 heterocycles. The first-order valence-corrected chi connectivity index (χ1v) is 7.62. The van der Waals surface area contributed by atoms with E-state index >= 15 is 0 Å². The Morgan fingerprint density at radius 3 is 1.85 bits per heavy atom. The van der Waals surface area contributed by atoms with Gasteiger partial charge in [-0.15, -0.1) is 0 Å². The molecule has 0 aliphatic carbocycles. The van der Waals surface area contributed by atoms with E-state index in [9.17, 15) is 0 Å². The highest BCUT2D eigenvalue weighted by atomic mass is 32.8. The van der Waals surface area contributed by atoms with E-state index < -0.39 is 9.08 Å². The van der Waals surface area contributed by atoms with Gasteiger partial charge < -0.3 is 0 Å². The van der Waals surface area contributed by atoms with Crippen molar-refractivity contribution in [1.82, 2.24) is 0 Å². The maximum absolute atomic E-state index is 8.87. The molecule has 0 unspecified atom stereocenters. The third-order valence-corrected chi connectivity index (χ3v) is 3.31. The molecule has 3 heteroatoms. The summed E-state index contributed by atoms with van der Waals surface area (Å²) in [4.78, 5) is 0. The van der Waals surface area contributed by atoms with Crippen LogP contribution in [0.15, 0.2) is 0 Å². The Hall–Kier alpha value is 0.150. The summed E-state index contributed by atoms with van der Waals surface area (Å²) >= 11 is 4.70. The summed E-state index contributed by atoms with van der Waals surface area (Å²) in [7, 11) is -0.742. The van der Waals surface area contributed by atoms with Crippen LogP contribution in [-0.4, -0.2) is 5.75 Å². The number of hydrogen-bond acceptors (Lipinski definition) is 2. The molecule has 0 atom stereocenters. The minimum atomic E-state index is -0.742. The lowest BCUT2D eigenvalue weighted by Crippen LogP contribution is -1.85. The topological polar surface area (TPSA) is 23.8 Å². The van der Waals surface area contributed by atoms with E-state index in [2.05, 4.69) is 6.92 Å². The van der Waals surface area contributed by atoms with Gasteiger partial charge in [0.05, 0.1) is 0 Å². The summed E-state index contributed by atoms with van der Waals surface area (Å²) in [6.45, 7) is 2.24. The van der Waals surface area contributed by atoms with Crippen LogP contribution in [0.3, 0.4) is 0 Å². The van der Waals surface area contributed by atoms with Crippen molar-refractivity contribution in [1.29, 1.82) is 4.61 Å². The molecular formula is C10H21NS2. The van der Waals surface area contributed by atoms with Crippen molar-refractivity contribution in [2.45, 2.75) is 58.3 Å². The summed E-state index contributed by atoms with van der Waals surface area (Å²) < 4.78 is 8.87. The number of nitrogens with zero attached hydrogens (tertiary/aromatic N) is 1. The van der Waals surface area contributed by atoms with Gasteiger partial charge in [0.1, 0.15) is 0 Å². The van der Waals surface area contributed by atoms with Crippen LogP contribution in [-0.2, 0) is 20.3 Å². The molecule has 0 rings (SSSR count). The molecule has 0 saturated heterocycles. The van der Waals surface area contributed by atoms with Gasteiger partial charge in [0.15, 0.2) is 0 Å². The van der Waals surface area contributed by atoms with E-state index in [0.717, 1.165) is 12.2 Å². The second-order valence-corrected chi connectivity index (χ2v) is 5.71. The van der Waals surface area contributed by atoms with Gasteiger partial charge >= 0.3 is 0 Å². The first-order chi connectivity index (χ1) is 6.27. The minimum Gasteiger partial charge on any atom is -0.178 e. The lowest BCUT2D eigenvalue weighted by molar-refractivity contribution is 0.586. The highest BCUT2D eigenvalue weighted by Crippen LogP contribution is 2.07. The van der Waals surface area contributed by atoms with Gasteiger partial charge in [0.25, 0.3) is 0 Å². The molecule has 0 aromatic carbocycles. The molecule has 0 saturated carbocycles. The standard InChI is InChI=1S/C10H21NS2/c1-2-3-4-5-6-7-8-9-10-13(11)12/h2-10H2,1H3. The van der Waals surface area contributed by atoms with Crippen LogP contribution in [0.4, 0.5) is 0 Å². The number of rotatable bonds is 8. The maximum Gasteiger partial charge on any atom is 0.0424 e. The summed E-state index contributed by atoms with van der Waals surface area (Å²) in [5, 5.41) is 0. The molecule has 0 aromatic rings. The third kappa shape index (κ3) is 12.1. The predicted molar refractivity (Wildman–Crippen MR) is 63.9 cm³/mol. The fraction of sp³-hybridized carbons (Fsp3) is 1.00. The molecule has 0 aliphatic rings. The zero-order valence-corrected chi connectivity index (χ0v) is 10.3. The fourth-order valence-corrected chi connectivity index (χ4v) is 2.16. The van der Waals surface area contributed by atoms with Crippen molar-refractivity contribution in [3.05, 3.63) is 0 Å². The number of hydrogen-bond donors (Lipinski definition) is 0. The molecule has 0 radical (unpaired) electrons. The quantitative estimate of drug-likeness (QED) is 0.581. The Morgan fingerprint density at radius 1 is 0.923 bits per heavy atom. The van der Waals surface area contributed by atoms with Crippen molar-refractivity contribution < 1.29 is 0 Å². The van der Waals surface area contributed by atoms with Crippen LogP contribution in [0.2, 0.25) is 0 Å². The zero-order chi connectivity index (χ0) is 9.94. The Bertz CT molecular complexity index is 206. The Morgan fingerprint density at radius 2 is 1.38 bits per heavy atom. The van der Waals surface area contributed by atoms with Crippen LogP contribution >= 0.6 is 0 Å². The van der Waals surface area contributed by atoms with Gasteiger partial charge in [-0.05, 0) is 6.42 Å². The maximum atomic E-state index is 8.87. The summed E-state index contributed by atoms with van der Waals surface area (Å²) in [5.41, 5.74) is 0. The normalized spacial score (nSPS) is 10.2. The first kappa shape index (κ1) is 13.2. The van der Waals surface area contributed by atoms with Gasteiger partial charge in [0.2, 0.25) is 0 Å². The second kappa shape index (κ2) is 10.2. The lowest BCUT2D eigenvalue weighted by Gasteiger charge is -1.98. The molecular weight excluding hydrogens is 198 g/mol. The number of unbranched alkanes of at least 4 members (excludes halogenated alkanes) is 7. The molecule has 13 heavy (non-hydrogen) atoms. The van der Waals surface area contributed by atoms with Gasteiger partial charge in [-0.3, -0.25) is 0 Å². The van der Waals surface area contributed by atoms with Crippen LogP contribution in [0.25, 0.3) is 0 Å². The smallest absolute Gasteiger partial charge is 0.0424 e. The predicted octanol–water partition coefficient (Wildman–Crippen LogP) is 3.69. The van der Waals surface area contributed by atoms with Crippen LogP contribution in [0.5, 0.6) is 0 Å². The van der Waals surface area contributed by atoms with E-state index in [4.69, 9.17) is 15.8 Å². The lowest BCUT2D eigenvalue weighted by atomic mass is 10.1. The fourth-order valence-electron chi connectivity index (χ4n) is 1.36. The van der Waals surface area contributed by atoms with Crippen molar-refractivity contribution in [2.75, 3.05) is 5.75 Å². The van der Waals surface area contributed by atoms with Gasteiger partial charge in [-0.2, -0.15) is 4.61 Å². The monoisotopic (exact) mass is 219 g/mol. The average molecular weight is 219 g/mol. The zero-order valence-electron chi connectivity index (χ0n) is 8.63. The summed E-state index contributed by atoms with van der Waals surface area (Å²) in [6, 6.07) is 0. The molecule has 0 aromatic heterocycles. The second-order valence-electron chi connectivity index (χ2n) is 3.50. The van der Waals surface area contributed by atoms with Gasteiger partial charge in [-0.25, -0.2) is 0 Å². The third-order valence-electron chi connectivity index (χ3n) is 2.17. The Kier molecular flexibility index (Phi) is 10.4. The average Bonchev–Trinajstić information content (AvgIpc) is 2.09. The Labute approximate surface area is 89.1 Å². The largest absolute Gasteiger partial charge is 0.178 e. The van der Waals surface area contributed by atoms with Crippen molar-refractivity contribution in [3.8, 4) is 0 Å². The van der Waals surface area contributed by atoms with Crippen molar-refractivity contribution >= 4 is 20.3 Å². The van der Waals surface area contributed by atoms with Crippen LogP contribution < -0.4 is 0 Å². The Balaban J connectivity index is 2.92. The van der Waals surface area contributed by atoms with Crippen molar-refractivity contribution in [2.24, 2.45) is 0 Å². The molecule has 0 aliphatic heterocycles. The molecule has 1 nitrogen and oxygen atoms in total. The van der Waals surface area contributed by atoms with Gasteiger partial charge in [0, 0.05) is 26.0 Å². The molecule has 0 amide bonds. The van der Waals surface area contributed by atoms with E-state index in [-0.39, 0.29) is 0 Å². The van der Waals surface area contributed by atoms with E-state index in [0.29, 0.717) is 0 Å². The van der Waals surface area contributed by atoms with Crippen LogP contribution in [0.1, 0.15) is 58.3 Å². The highest BCUT2D eigenvalue weighted by Gasteiger charge is 1.91. The molecule has 0 spiro atoms. The van der Waals surface area contributed by atoms with Gasteiger partial charge in [-0.1, -0.05) is 51.9 Å². The molecule has 0 N–H and O–H groups in total. The van der Waals surface area contributed by atoms with Crippen LogP contribution in [0, 0.1) is 4.61 Å². The summed E-state index contributed by atoms with van der Waals surface area (Å²) in [5.74, 6) is 0.824. The van der Waals surface area contributed by atoms with E-state index in [1.807, 2.05) is 0 Å². The summed E-state index contributed by atoms with van der Waals surface area (Å²) in [6.07, 6.45) is 10.5. The highest BCUT2D eigenvalue weighted by molar-refractivity contribution is 8.20. The van der Waals surface area contributed by atoms with Crippen molar-refractivity contribution in [3.63, 3.8) is 0 Å². The molecule has 0 bridgehead atoms. The molecule has 78 valence electrons. The first-order valence-electron chi connectivity index (χ1n) is 5.35. The van der Waals surface area contributed by atoms with E-state index in [1.165, 1.54) is 44.9 Å². The molecule has 0 fully saturated rings. The SMILES string of the molecule is CCCCCCCCCCS(#N)=S. The van der Waals surface area contributed by atoms with E-state index in [1.54, 1.807) is 0 Å². The minimum absolute atomic E-state index is 0.742.